The summed E-state index contributed by atoms with van der Waals surface area (Å²) in [7, 11) is 0. The number of hydrogen-bond acceptors (Lipinski definition) is 4. The Morgan fingerprint density at radius 3 is 2.57 bits per heavy atom. The number of carbonyl (C=O) groups excluding carboxylic acids is 2. The van der Waals surface area contributed by atoms with Gasteiger partial charge in [-0.2, -0.15) is 0 Å². The van der Waals surface area contributed by atoms with Crippen LogP contribution in [0.4, 0.5) is 5.82 Å². The number of anilines is 1. The summed E-state index contributed by atoms with van der Waals surface area (Å²) in [5.74, 6) is -0.987. The van der Waals surface area contributed by atoms with Gasteiger partial charge in [0.05, 0.1) is 20.6 Å². The van der Waals surface area contributed by atoms with Gasteiger partial charge in [0, 0.05) is 6.20 Å². The molecule has 1 amide bonds. The van der Waals surface area contributed by atoms with Gasteiger partial charge < -0.3 is 10.1 Å². The predicted molar refractivity (Wildman–Crippen MR) is 89.2 cm³/mol. The van der Waals surface area contributed by atoms with Crippen LogP contribution >= 0.6 is 34.8 Å². The predicted octanol–water partition coefficient (Wildman–Crippen LogP) is 4.23. The van der Waals surface area contributed by atoms with E-state index in [0.717, 1.165) is 0 Å². The largest absolute Gasteiger partial charge is 0.449 e. The third-order valence-electron chi connectivity index (χ3n) is 2.80. The summed E-state index contributed by atoms with van der Waals surface area (Å²) in [5.41, 5.74) is 0.0865. The molecule has 120 valence electrons. The summed E-state index contributed by atoms with van der Waals surface area (Å²) in [6.45, 7) is 1.43. The van der Waals surface area contributed by atoms with Crippen LogP contribution in [0.2, 0.25) is 15.1 Å². The normalized spacial score (nSPS) is 11.7. The van der Waals surface area contributed by atoms with E-state index >= 15 is 0 Å². The molecule has 0 saturated heterocycles. The molecule has 1 unspecified atom stereocenters. The van der Waals surface area contributed by atoms with Gasteiger partial charge in [-0.05, 0) is 31.2 Å². The molecule has 1 atom stereocenters. The number of aromatic nitrogens is 1. The maximum atomic E-state index is 12.1. The number of benzene rings is 1. The highest BCUT2D eigenvalue weighted by atomic mass is 35.5. The molecule has 5 nitrogen and oxygen atoms in total. The van der Waals surface area contributed by atoms with Crippen LogP contribution < -0.4 is 5.32 Å². The number of esters is 1. The zero-order chi connectivity index (χ0) is 17.0. The van der Waals surface area contributed by atoms with Crippen molar-refractivity contribution in [3.05, 3.63) is 57.2 Å². The number of pyridine rings is 1. The van der Waals surface area contributed by atoms with Crippen LogP contribution in [0, 0.1) is 0 Å². The lowest BCUT2D eigenvalue weighted by Crippen LogP contribution is -2.30. The first-order valence-electron chi connectivity index (χ1n) is 6.46. The van der Waals surface area contributed by atoms with Crippen molar-refractivity contribution in [2.24, 2.45) is 0 Å². The molecule has 1 N–H and O–H groups in total. The minimum absolute atomic E-state index is 0.0751. The lowest BCUT2D eigenvalue weighted by Gasteiger charge is -2.14. The van der Waals surface area contributed by atoms with Gasteiger partial charge in [-0.25, -0.2) is 9.78 Å². The molecule has 0 aliphatic heterocycles. The second-order valence-electron chi connectivity index (χ2n) is 4.50. The number of rotatable bonds is 4. The molecule has 23 heavy (non-hydrogen) atoms. The van der Waals surface area contributed by atoms with E-state index in [9.17, 15) is 9.59 Å². The molecule has 8 heteroatoms. The maximum Gasteiger partial charge on any atom is 0.340 e. The van der Waals surface area contributed by atoms with Crippen LogP contribution in [-0.4, -0.2) is 23.0 Å². The van der Waals surface area contributed by atoms with E-state index in [4.69, 9.17) is 39.5 Å². The standard InChI is InChI=1S/C15H11Cl3N2O3/c1-8(14(21)20-12-6-5-9(16)7-19-12)23-15(22)10-3-2-4-11(17)13(10)18/h2-8H,1H3,(H,19,20,21). The number of carbonyl (C=O) groups is 2. The van der Waals surface area contributed by atoms with Gasteiger partial charge in [-0.1, -0.05) is 40.9 Å². The molecule has 0 aliphatic rings. The fourth-order valence-electron chi connectivity index (χ4n) is 1.62. The zero-order valence-electron chi connectivity index (χ0n) is 11.8. The molecule has 1 aromatic carbocycles. The highest BCUT2D eigenvalue weighted by molar-refractivity contribution is 6.43. The van der Waals surface area contributed by atoms with Gasteiger partial charge in [0.15, 0.2) is 6.10 Å². The van der Waals surface area contributed by atoms with Crippen molar-refractivity contribution in [2.75, 3.05) is 5.32 Å². The summed E-state index contributed by atoms with van der Waals surface area (Å²) >= 11 is 17.5. The third-order valence-corrected chi connectivity index (χ3v) is 3.85. The number of ether oxygens (including phenoxy) is 1. The SMILES string of the molecule is CC(OC(=O)c1cccc(Cl)c1Cl)C(=O)Nc1ccc(Cl)cn1. The van der Waals surface area contributed by atoms with Crippen molar-refractivity contribution in [3.63, 3.8) is 0 Å². The second kappa shape index (κ2) is 7.64. The van der Waals surface area contributed by atoms with Gasteiger partial charge in [0.2, 0.25) is 0 Å². The van der Waals surface area contributed by atoms with E-state index in [-0.39, 0.29) is 15.6 Å². The van der Waals surface area contributed by atoms with E-state index in [2.05, 4.69) is 10.3 Å². The third kappa shape index (κ3) is 4.58. The van der Waals surface area contributed by atoms with E-state index in [0.29, 0.717) is 10.8 Å². The Balaban J connectivity index is 2.01. The van der Waals surface area contributed by atoms with Crippen molar-refractivity contribution in [2.45, 2.75) is 13.0 Å². The monoisotopic (exact) mass is 372 g/mol. The first kappa shape index (κ1) is 17.5. The Kier molecular flexibility index (Phi) is 5.82. The fourth-order valence-corrected chi connectivity index (χ4v) is 2.11. The summed E-state index contributed by atoms with van der Waals surface area (Å²) in [4.78, 5) is 28.0. The highest BCUT2D eigenvalue weighted by Crippen LogP contribution is 2.26. The van der Waals surface area contributed by atoms with Crippen molar-refractivity contribution in [1.82, 2.24) is 4.98 Å². The molecule has 1 heterocycles. The van der Waals surface area contributed by atoms with Gasteiger partial charge >= 0.3 is 5.97 Å². The Morgan fingerprint density at radius 2 is 1.91 bits per heavy atom. The molecular weight excluding hydrogens is 363 g/mol. The van der Waals surface area contributed by atoms with Gasteiger partial charge in [0.25, 0.3) is 5.91 Å². The molecule has 0 bridgehead atoms. The first-order valence-corrected chi connectivity index (χ1v) is 7.59. The molecule has 0 radical (unpaired) electrons. The van der Waals surface area contributed by atoms with Crippen molar-refractivity contribution >= 4 is 52.5 Å². The smallest absolute Gasteiger partial charge is 0.340 e. The van der Waals surface area contributed by atoms with E-state index in [1.165, 1.54) is 25.3 Å². The highest BCUT2D eigenvalue weighted by Gasteiger charge is 2.21. The first-order chi connectivity index (χ1) is 10.9. The Morgan fingerprint density at radius 1 is 1.17 bits per heavy atom. The van der Waals surface area contributed by atoms with Crippen LogP contribution in [0.5, 0.6) is 0 Å². The molecule has 1 aromatic heterocycles. The van der Waals surface area contributed by atoms with Crippen molar-refractivity contribution in [3.8, 4) is 0 Å². The molecule has 0 spiro atoms. The molecular formula is C15H11Cl3N2O3. The van der Waals surface area contributed by atoms with Crippen molar-refractivity contribution in [1.29, 1.82) is 0 Å². The Labute approximate surface area is 147 Å². The molecule has 2 rings (SSSR count). The lowest BCUT2D eigenvalue weighted by atomic mass is 10.2. The second-order valence-corrected chi connectivity index (χ2v) is 5.72. The molecule has 2 aromatic rings. The molecule has 0 saturated carbocycles. The van der Waals surface area contributed by atoms with E-state index in [1.807, 2.05) is 0 Å². The summed E-state index contributed by atoms with van der Waals surface area (Å²) < 4.78 is 5.08. The van der Waals surface area contributed by atoms with Crippen LogP contribution in [0.1, 0.15) is 17.3 Å². The summed E-state index contributed by atoms with van der Waals surface area (Å²) in [6.07, 6.45) is 0.342. The zero-order valence-corrected chi connectivity index (χ0v) is 14.1. The van der Waals surface area contributed by atoms with Crippen LogP contribution in [-0.2, 0) is 9.53 Å². The van der Waals surface area contributed by atoms with Crippen molar-refractivity contribution < 1.29 is 14.3 Å². The lowest BCUT2D eigenvalue weighted by molar-refractivity contribution is -0.123. The van der Waals surface area contributed by atoms with Gasteiger partial charge in [-0.3, -0.25) is 4.79 Å². The van der Waals surface area contributed by atoms with Gasteiger partial charge in [0.1, 0.15) is 5.82 Å². The topological polar surface area (TPSA) is 68.3 Å². The fraction of sp³-hybridized carbons (Fsp3) is 0.133. The molecule has 0 aliphatic carbocycles. The maximum absolute atomic E-state index is 12.1. The van der Waals surface area contributed by atoms with Gasteiger partial charge in [-0.15, -0.1) is 0 Å². The van der Waals surface area contributed by atoms with E-state index < -0.39 is 18.0 Å². The van der Waals surface area contributed by atoms with E-state index in [1.54, 1.807) is 18.2 Å². The summed E-state index contributed by atoms with van der Waals surface area (Å²) in [6, 6.07) is 7.67. The number of nitrogens with one attached hydrogen (secondary N) is 1. The number of nitrogens with zero attached hydrogens (tertiary/aromatic N) is 1. The quantitative estimate of drug-likeness (QED) is 0.815. The summed E-state index contributed by atoms with van der Waals surface area (Å²) in [5, 5.41) is 3.25. The number of amides is 1. The average molecular weight is 374 g/mol. The van der Waals surface area contributed by atoms with Crippen LogP contribution in [0.25, 0.3) is 0 Å². The minimum atomic E-state index is -1.05. The average Bonchev–Trinajstić information content (AvgIpc) is 2.52. The number of hydrogen-bond donors (Lipinski definition) is 1. The van der Waals surface area contributed by atoms with Crippen LogP contribution in [0.15, 0.2) is 36.5 Å². The van der Waals surface area contributed by atoms with Crippen LogP contribution in [0.3, 0.4) is 0 Å². The minimum Gasteiger partial charge on any atom is -0.449 e. The molecule has 0 fully saturated rings. The Bertz CT molecular complexity index is 735. The number of halogens is 3. The Hall–Kier alpha value is -1.82.